The Kier molecular flexibility index (Phi) is 5.13. The number of quaternary nitrogens is 1. The summed E-state index contributed by atoms with van der Waals surface area (Å²) in [6, 6.07) is 7.93. The minimum atomic E-state index is 0.472. The van der Waals surface area contributed by atoms with Crippen molar-refractivity contribution in [1.82, 2.24) is 9.78 Å². The van der Waals surface area contributed by atoms with Crippen LogP contribution in [-0.4, -0.2) is 30.0 Å². The van der Waals surface area contributed by atoms with Gasteiger partial charge in [0.05, 0.1) is 26.6 Å². The Morgan fingerprint density at radius 1 is 1.30 bits per heavy atom. The predicted octanol–water partition coefficient (Wildman–Crippen LogP) is 2.08. The van der Waals surface area contributed by atoms with E-state index in [9.17, 15) is 0 Å². The van der Waals surface area contributed by atoms with Crippen molar-refractivity contribution in [3.8, 4) is 5.75 Å². The van der Waals surface area contributed by atoms with E-state index in [1.165, 1.54) is 30.8 Å². The number of aromatic nitrogens is 2. The summed E-state index contributed by atoms with van der Waals surface area (Å²) in [7, 11) is 1.67. The predicted molar refractivity (Wildman–Crippen MR) is 90.2 cm³/mol. The second-order valence-corrected chi connectivity index (χ2v) is 6.73. The third kappa shape index (κ3) is 4.20. The summed E-state index contributed by atoms with van der Waals surface area (Å²) in [6.45, 7) is 5.50. The number of hydrogen-bond donors (Lipinski definition) is 1. The van der Waals surface area contributed by atoms with Crippen LogP contribution in [0.15, 0.2) is 28.7 Å². The molecule has 2 heterocycles. The van der Waals surface area contributed by atoms with E-state index in [0.29, 0.717) is 17.1 Å². The van der Waals surface area contributed by atoms with Crippen molar-refractivity contribution < 1.29 is 14.1 Å². The lowest BCUT2D eigenvalue weighted by Crippen LogP contribution is -3.12. The molecule has 2 aromatic rings. The van der Waals surface area contributed by atoms with Crippen LogP contribution in [-0.2, 0) is 13.1 Å². The van der Waals surface area contributed by atoms with Gasteiger partial charge >= 0.3 is 0 Å². The molecule has 0 aliphatic carbocycles. The molecular weight excluding hydrogens is 310 g/mol. The Morgan fingerprint density at radius 3 is 2.65 bits per heavy atom. The number of hydrogen-bond acceptors (Lipinski definition) is 4. The van der Waals surface area contributed by atoms with Gasteiger partial charge in [-0.15, -0.1) is 5.10 Å². The standard InChI is InChI=1S/C17H23N3O2S/c1-13-7-9-19(10-8-13)12-20-17(23)22-16(18-20)11-14-3-5-15(21-2)6-4-14/h3-6,13H,7-12H2,1-2H3/p+1. The summed E-state index contributed by atoms with van der Waals surface area (Å²) in [5.74, 6) is 2.36. The Balaban J connectivity index is 1.64. The van der Waals surface area contributed by atoms with Crippen molar-refractivity contribution in [1.29, 1.82) is 0 Å². The molecule has 6 heteroatoms. The molecule has 1 aromatic carbocycles. The Bertz CT molecular complexity index is 685. The summed E-state index contributed by atoms with van der Waals surface area (Å²) in [5.41, 5.74) is 1.13. The van der Waals surface area contributed by atoms with Crippen molar-refractivity contribution in [3.05, 3.63) is 40.6 Å². The van der Waals surface area contributed by atoms with Crippen LogP contribution in [0, 0.1) is 10.8 Å². The number of methoxy groups -OCH3 is 1. The minimum Gasteiger partial charge on any atom is -0.497 e. The molecule has 124 valence electrons. The fraction of sp³-hybridized carbons (Fsp3) is 0.529. The molecule has 1 fully saturated rings. The van der Waals surface area contributed by atoms with Gasteiger partial charge in [0.25, 0.3) is 4.84 Å². The quantitative estimate of drug-likeness (QED) is 0.851. The van der Waals surface area contributed by atoms with E-state index in [4.69, 9.17) is 21.4 Å². The fourth-order valence-electron chi connectivity index (χ4n) is 2.98. The summed E-state index contributed by atoms with van der Waals surface area (Å²) >= 11 is 5.32. The van der Waals surface area contributed by atoms with Gasteiger partial charge in [-0.25, -0.2) is 0 Å². The van der Waals surface area contributed by atoms with Crippen LogP contribution in [0.4, 0.5) is 0 Å². The Labute approximate surface area is 141 Å². The van der Waals surface area contributed by atoms with Crippen molar-refractivity contribution in [2.75, 3.05) is 20.2 Å². The molecule has 1 saturated heterocycles. The summed E-state index contributed by atoms with van der Waals surface area (Å²) in [6.07, 6.45) is 3.20. The topological polar surface area (TPSA) is 44.6 Å². The van der Waals surface area contributed by atoms with E-state index < -0.39 is 0 Å². The van der Waals surface area contributed by atoms with Crippen molar-refractivity contribution in [3.63, 3.8) is 0 Å². The molecule has 0 unspecified atom stereocenters. The highest BCUT2D eigenvalue weighted by atomic mass is 32.1. The first kappa shape index (κ1) is 16.2. The number of rotatable bonds is 5. The van der Waals surface area contributed by atoms with Gasteiger partial charge in [-0.2, -0.15) is 4.68 Å². The Hall–Kier alpha value is -1.66. The molecule has 0 radical (unpaired) electrons. The average Bonchev–Trinajstić information content (AvgIpc) is 2.90. The molecule has 0 atom stereocenters. The van der Waals surface area contributed by atoms with E-state index in [1.54, 1.807) is 7.11 Å². The van der Waals surface area contributed by atoms with Crippen LogP contribution in [0.5, 0.6) is 5.75 Å². The van der Waals surface area contributed by atoms with Crippen molar-refractivity contribution >= 4 is 12.2 Å². The van der Waals surface area contributed by atoms with Crippen LogP contribution < -0.4 is 9.64 Å². The SMILES string of the molecule is COc1ccc(Cc2nn(C[NH+]3CCC(C)CC3)c(=S)o2)cc1. The van der Waals surface area contributed by atoms with Crippen molar-refractivity contribution in [2.45, 2.75) is 32.9 Å². The number of piperidine rings is 1. The first-order valence-electron chi connectivity index (χ1n) is 8.17. The van der Waals surface area contributed by atoms with E-state index in [1.807, 2.05) is 28.9 Å². The first-order chi connectivity index (χ1) is 11.1. The van der Waals surface area contributed by atoms with Crippen LogP contribution in [0.2, 0.25) is 0 Å². The Morgan fingerprint density at radius 2 is 2.00 bits per heavy atom. The monoisotopic (exact) mass is 334 g/mol. The summed E-state index contributed by atoms with van der Waals surface area (Å²) in [5, 5.41) is 4.55. The highest BCUT2D eigenvalue weighted by Gasteiger charge is 2.20. The second kappa shape index (κ2) is 7.27. The molecule has 5 nitrogen and oxygen atoms in total. The van der Waals surface area contributed by atoms with Gasteiger partial charge in [0.2, 0.25) is 5.89 Å². The molecule has 1 aromatic heterocycles. The number of nitrogens with zero attached hydrogens (tertiary/aromatic N) is 2. The molecule has 0 amide bonds. The normalized spacial score (nSPS) is 21.3. The molecule has 0 bridgehead atoms. The van der Waals surface area contributed by atoms with Gasteiger partial charge in [0.15, 0.2) is 6.67 Å². The second-order valence-electron chi connectivity index (χ2n) is 6.38. The van der Waals surface area contributed by atoms with E-state index in [0.717, 1.165) is 23.9 Å². The zero-order valence-corrected chi connectivity index (χ0v) is 14.6. The van der Waals surface area contributed by atoms with Gasteiger partial charge in [0, 0.05) is 0 Å². The largest absolute Gasteiger partial charge is 0.497 e. The van der Waals surface area contributed by atoms with Crippen LogP contribution in [0.3, 0.4) is 0 Å². The fourth-order valence-corrected chi connectivity index (χ4v) is 3.18. The number of likely N-dealkylation sites (tertiary alicyclic amines) is 1. The maximum atomic E-state index is 5.66. The summed E-state index contributed by atoms with van der Waals surface area (Å²) in [4.78, 5) is 2.00. The van der Waals surface area contributed by atoms with E-state index >= 15 is 0 Å². The first-order valence-corrected chi connectivity index (χ1v) is 8.58. The lowest BCUT2D eigenvalue weighted by atomic mass is 10.00. The smallest absolute Gasteiger partial charge is 0.291 e. The number of ether oxygens (including phenoxy) is 1. The molecule has 1 aliphatic rings. The van der Waals surface area contributed by atoms with Gasteiger partial charge in [-0.3, -0.25) is 0 Å². The highest BCUT2D eigenvalue weighted by Crippen LogP contribution is 2.14. The molecular formula is C17H24N3O2S+. The van der Waals surface area contributed by atoms with Crippen LogP contribution >= 0.6 is 12.2 Å². The lowest BCUT2D eigenvalue weighted by Gasteiger charge is -2.26. The average molecular weight is 334 g/mol. The zero-order valence-electron chi connectivity index (χ0n) is 13.7. The van der Waals surface area contributed by atoms with Crippen LogP contribution in [0.1, 0.15) is 31.2 Å². The third-order valence-electron chi connectivity index (χ3n) is 4.52. The van der Waals surface area contributed by atoms with Crippen LogP contribution in [0.25, 0.3) is 0 Å². The minimum absolute atomic E-state index is 0.472. The van der Waals surface area contributed by atoms with Gasteiger partial charge in [-0.05, 0) is 48.7 Å². The molecule has 1 aliphatic heterocycles. The maximum Gasteiger partial charge on any atom is 0.291 e. The van der Waals surface area contributed by atoms with Gasteiger partial charge in [-0.1, -0.05) is 19.1 Å². The zero-order chi connectivity index (χ0) is 16.2. The molecule has 1 N–H and O–H groups in total. The van der Waals surface area contributed by atoms with Gasteiger partial charge < -0.3 is 14.1 Å². The summed E-state index contributed by atoms with van der Waals surface area (Å²) < 4.78 is 12.7. The molecule has 23 heavy (non-hydrogen) atoms. The third-order valence-corrected chi connectivity index (χ3v) is 4.81. The highest BCUT2D eigenvalue weighted by molar-refractivity contribution is 7.71. The molecule has 0 saturated carbocycles. The molecule has 3 rings (SSSR count). The maximum absolute atomic E-state index is 5.66. The van der Waals surface area contributed by atoms with Crippen molar-refractivity contribution in [2.24, 2.45) is 5.92 Å². The number of nitrogens with one attached hydrogen (secondary N) is 1. The molecule has 0 spiro atoms. The van der Waals surface area contributed by atoms with E-state index in [-0.39, 0.29) is 0 Å². The van der Waals surface area contributed by atoms with E-state index in [2.05, 4.69) is 12.0 Å². The number of benzene rings is 1. The lowest BCUT2D eigenvalue weighted by molar-refractivity contribution is -0.929. The van der Waals surface area contributed by atoms with Gasteiger partial charge in [0.1, 0.15) is 5.75 Å².